The van der Waals surface area contributed by atoms with Gasteiger partial charge in [0.25, 0.3) is 0 Å². The zero-order valence-corrected chi connectivity index (χ0v) is 8.67. The first-order valence-corrected chi connectivity index (χ1v) is 4.64. The number of anilines is 1. The fourth-order valence-corrected chi connectivity index (χ4v) is 0.842. The summed E-state index contributed by atoms with van der Waals surface area (Å²) in [5.41, 5.74) is 0. The van der Waals surface area contributed by atoms with Crippen LogP contribution in [0.1, 0.15) is 6.92 Å². The van der Waals surface area contributed by atoms with Gasteiger partial charge in [-0.15, -0.1) is 0 Å². The molecule has 3 N–H and O–H groups in total. The van der Waals surface area contributed by atoms with E-state index >= 15 is 0 Å². The van der Waals surface area contributed by atoms with Crippen LogP contribution in [0.25, 0.3) is 0 Å². The number of urea groups is 1. The van der Waals surface area contributed by atoms with Crippen molar-refractivity contribution < 1.29 is 14.7 Å². The summed E-state index contributed by atoms with van der Waals surface area (Å²) in [6.45, 7) is 1.55. The molecule has 0 aliphatic carbocycles. The molecule has 7 nitrogen and oxygen atoms in total. The van der Waals surface area contributed by atoms with E-state index in [1.54, 1.807) is 6.07 Å². The first-order valence-electron chi connectivity index (χ1n) is 4.64. The third kappa shape index (κ3) is 3.91. The molecule has 86 valence electrons. The highest BCUT2D eigenvalue weighted by molar-refractivity contribution is 5.87. The number of nitrogens with zero attached hydrogens (tertiary/aromatic N) is 2. The number of carboxylic acid groups (broad SMARTS) is 1. The summed E-state index contributed by atoms with van der Waals surface area (Å²) in [6, 6.07) is 1.09. The van der Waals surface area contributed by atoms with E-state index in [1.807, 2.05) is 0 Å². The van der Waals surface area contributed by atoms with Crippen LogP contribution in [0.4, 0.5) is 10.7 Å². The Kier molecular flexibility index (Phi) is 4.19. The molecule has 0 bridgehead atoms. The topological polar surface area (TPSA) is 104 Å². The van der Waals surface area contributed by atoms with Crippen LogP contribution >= 0.6 is 0 Å². The lowest BCUT2D eigenvalue weighted by Crippen LogP contribution is -2.35. The van der Waals surface area contributed by atoms with Crippen LogP contribution in [-0.4, -0.2) is 33.6 Å². The van der Waals surface area contributed by atoms with Crippen molar-refractivity contribution >= 4 is 17.9 Å². The Morgan fingerprint density at radius 3 is 2.62 bits per heavy atom. The summed E-state index contributed by atoms with van der Waals surface area (Å²) in [5, 5.41) is 13.4. The minimum atomic E-state index is -0.962. The molecule has 1 aromatic rings. The Labute approximate surface area is 91.9 Å². The maximum Gasteiger partial charge on any atom is 0.321 e. The van der Waals surface area contributed by atoms with Crippen LogP contribution in [0.15, 0.2) is 18.5 Å². The lowest BCUT2D eigenvalue weighted by Gasteiger charge is -2.08. The highest BCUT2D eigenvalue weighted by atomic mass is 16.4. The van der Waals surface area contributed by atoms with Crippen LogP contribution in [-0.2, 0) is 4.79 Å². The van der Waals surface area contributed by atoms with Crippen LogP contribution in [0.3, 0.4) is 0 Å². The molecule has 1 atom stereocenters. The zero-order chi connectivity index (χ0) is 12.0. The van der Waals surface area contributed by atoms with Crippen molar-refractivity contribution in [2.24, 2.45) is 5.92 Å². The van der Waals surface area contributed by atoms with E-state index in [9.17, 15) is 9.59 Å². The zero-order valence-electron chi connectivity index (χ0n) is 8.67. The molecule has 2 amide bonds. The third-order valence-corrected chi connectivity index (χ3v) is 1.78. The Morgan fingerprint density at radius 1 is 1.44 bits per heavy atom. The van der Waals surface area contributed by atoms with Gasteiger partial charge in [-0.25, -0.2) is 14.8 Å². The molecule has 16 heavy (non-hydrogen) atoms. The summed E-state index contributed by atoms with van der Waals surface area (Å²) < 4.78 is 0. The van der Waals surface area contributed by atoms with Gasteiger partial charge in [0.05, 0.1) is 5.92 Å². The molecule has 0 aromatic carbocycles. The molecule has 1 unspecified atom stereocenters. The van der Waals surface area contributed by atoms with Gasteiger partial charge in [-0.2, -0.15) is 0 Å². The monoisotopic (exact) mass is 224 g/mol. The van der Waals surface area contributed by atoms with Crippen LogP contribution in [0, 0.1) is 5.92 Å². The molecule has 0 fully saturated rings. The predicted octanol–water partition coefficient (Wildman–Crippen LogP) is 0.319. The summed E-state index contributed by atoms with van der Waals surface area (Å²) in [7, 11) is 0. The molecule has 0 saturated carbocycles. The van der Waals surface area contributed by atoms with Gasteiger partial charge in [-0.05, 0) is 6.07 Å². The second-order valence-electron chi connectivity index (χ2n) is 3.15. The van der Waals surface area contributed by atoms with Crippen molar-refractivity contribution in [2.75, 3.05) is 11.9 Å². The van der Waals surface area contributed by atoms with Crippen molar-refractivity contribution in [3.63, 3.8) is 0 Å². The number of aromatic nitrogens is 2. The second-order valence-corrected chi connectivity index (χ2v) is 3.15. The SMILES string of the molecule is CC(CNC(=O)Nc1ncccn1)C(=O)O. The number of amides is 2. The Balaban J connectivity index is 2.35. The maximum absolute atomic E-state index is 11.2. The molecule has 7 heteroatoms. The lowest BCUT2D eigenvalue weighted by atomic mass is 10.2. The van der Waals surface area contributed by atoms with E-state index in [-0.39, 0.29) is 12.5 Å². The average molecular weight is 224 g/mol. The molecule has 1 rings (SSSR count). The molecular formula is C9H12N4O3. The normalized spacial score (nSPS) is 11.6. The highest BCUT2D eigenvalue weighted by Crippen LogP contribution is 1.95. The predicted molar refractivity (Wildman–Crippen MR) is 55.9 cm³/mol. The summed E-state index contributed by atoms with van der Waals surface area (Å²) in [5.74, 6) is -1.43. The van der Waals surface area contributed by atoms with Gasteiger partial charge in [0.1, 0.15) is 0 Å². The van der Waals surface area contributed by atoms with Gasteiger partial charge in [-0.1, -0.05) is 6.92 Å². The quantitative estimate of drug-likeness (QED) is 0.683. The molecule has 0 aliphatic rings. The van der Waals surface area contributed by atoms with Gasteiger partial charge in [-0.3, -0.25) is 10.1 Å². The minimum absolute atomic E-state index is 0.0496. The largest absolute Gasteiger partial charge is 0.481 e. The van der Waals surface area contributed by atoms with Gasteiger partial charge in [0.2, 0.25) is 5.95 Å². The number of hydrogen-bond donors (Lipinski definition) is 3. The van der Waals surface area contributed by atoms with Crippen LogP contribution in [0.2, 0.25) is 0 Å². The Morgan fingerprint density at radius 2 is 2.06 bits per heavy atom. The standard InChI is InChI=1S/C9H12N4O3/c1-6(7(14)15)5-12-9(16)13-8-10-3-2-4-11-8/h2-4,6H,5H2,1H3,(H,14,15)(H2,10,11,12,13,16). The Hall–Kier alpha value is -2.18. The molecule has 0 radical (unpaired) electrons. The molecular weight excluding hydrogens is 212 g/mol. The van der Waals surface area contributed by atoms with Gasteiger partial charge in [0.15, 0.2) is 0 Å². The van der Waals surface area contributed by atoms with Gasteiger partial charge >= 0.3 is 12.0 Å². The lowest BCUT2D eigenvalue weighted by molar-refractivity contribution is -0.140. The third-order valence-electron chi connectivity index (χ3n) is 1.78. The fraction of sp³-hybridized carbons (Fsp3) is 0.333. The molecule has 0 saturated heterocycles. The van der Waals surface area contributed by atoms with E-state index < -0.39 is 17.9 Å². The van der Waals surface area contributed by atoms with Crippen molar-refractivity contribution in [3.8, 4) is 0 Å². The fourth-order valence-electron chi connectivity index (χ4n) is 0.842. The summed E-state index contributed by atoms with van der Waals surface area (Å²) in [4.78, 5) is 29.3. The number of carbonyl (C=O) groups excluding carboxylic acids is 1. The Bertz CT molecular complexity index is 368. The number of carbonyl (C=O) groups is 2. The number of hydrogen-bond acceptors (Lipinski definition) is 4. The highest BCUT2D eigenvalue weighted by Gasteiger charge is 2.12. The number of carboxylic acids is 1. The number of aliphatic carboxylic acids is 1. The van der Waals surface area contributed by atoms with E-state index in [0.29, 0.717) is 0 Å². The molecule has 0 spiro atoms. The first-order chi connectivity index (χ1) is 7.59. The number of rotatable bonds is 4. The average Bonchev–Trinajstić information content (AvgIpc) is 2.27. The molecule has 1 heterocycles. The van der Waals surface area contributed by atoms with Crippen LogP contribution < -0.4 is 10.6 Å². The molecule has 0 aliphatic heterocycles. The number of nitrogens with one attached hydrogen (secondary N) is 2. The summed E-state index contributed by atoms with van der Waals surface area (Å²) in [6.07, 6.45) is 2.98. The van der Waals surface area contributed by atoms with E-state index in [1.165, 1.54) is 19.3 Å². The van der Waals surface area contributed by atoms with E-state index in [0.717, 1.165) is 0 Å². The van der Waals surface area contributed by atoms with E-state index in [4.69, 9.17) is 5.11 Å². The second kappa shape index (κ2) is 5.64. The van der Waals surface area contributed by atoms with Crippen molar-refractivity contribution in [1.29, 1.82) is 0 Å². The smallest absolute Gasteiger partial charge is 0.321 e. The van der Waals surface area contributed by atoms with Crippen molar-refractivity contribution in [1.82, 2.24) is 15.3 Å². The van der Waals surface area contributed by atoms with Gasteiger partial charge < -0.3 is 10.4 Å². The maximum atomic E-state index is 11.2. The van der Waals surface area contributed by atoms with Crippen molar-refractivity contribution in [3.05, 3.63) is 18.5 Å². The molecule has 1 aromatic heterocycles. The van der Waals surface area contributed by atoms with E-state index in [2.05, 4.69) is 20.6 Å². The first kappa shape index (κ1) is 11.9. The van der Waals surface area contributed by atoms with Crippen LogP contribution in [0.5, 0.6) is 0 Å². The van der Waals surface area contributed by atoms with Crippen molar-refractivity contribution in [2.45, 2.75) is 6.92 Å². The minimum Gasteiger partial charge on any atom is -0.481 e. The van der Waals surface area contributed by atoms with Gasteiger partial charge in [0, 0.05) is 18.9 Å². The summed E-state index contributed by atoms with van der Waals surface area (Å²) >= 11 is 0.